The molecule has 0 saturated heterocycles. The van der Waals surface area contributed by atoms with Crippen LogP contribution in [0.1, 0.15) is 48.2 Å². The number of aryl methyl sites for hydroxylation is 1. The minimum atomic E-state index is -0.744. The number of hydrogen-bond acceptors (Lipinski definition) is 4. The number of nitrogens with two attached hydrogens (primary N) is 1. The van der Waals surface area contributed by atoms with Crippen LogP contribution in [0.3, 0.4) is 0 Å². The molecule has 1 aliphatic rings. The highest BCUT2D eigenvalue weighted by Gasteiger charge is 2.38. The van der Waals surface area contributed by atoms with Gasteiger partial charge in [-0.1, -0.05) is 24.4 Å². The van der Waals surface area contributed by atoms with Crippen molar-refractivity contribution in [1.29, 1.82) is 0 Å². The molecule has 1 aliphatic carbocycles. The van der Waals surface area contributed by atoms with Gasteiger partial charge in [-0.2, -0.15) is 0 Å². The molecule has 1 amide bonds. The maximum Gasteiger partial charge on any atom is 0.253 e. The third-order valence-electron chi connectivity index (χ3n) is 3.91. The number of rotatable bonds is 3. The Morgan fingerprint density at radius 1 is 1.45 bits per heavy atom. The molecule has 1 aromatic rings. The van der Waals surface area contributed by atoms with E-state index in [0.29, 0.717) is 24.1 Å². The number of aromatic nitrogens is 1. The van der Waals surface area contributed by atoms with Crippen molar-refractivity contribution in [2.75, 3.05) is 0 Å². The van der Waals surface area contributed by atoms with Crippen LogP contribution < -0.4 is 11.1 Å². The Kier molecular flexibility index (Phi) is 4.22. The van der Waals surface area contributed by atoms with Gasteiger partial charge in [-0.3, -0.25) is 9.78 Å². The molecule has 1 fully saturated rings. The van der Waals surface area contributed by atoms with E-state index < -0.39 is 5.54 Å². The number of nitrogens with one attached hydrogen (secondary N) is 1. The number of carbonyl (C=O) groups excluding carboxylic acids is 1. The van der Waals surface area contributed by atoms with Crippen molar-refractivity contribution in [2.24, 2.45) is 10.9 Å². The van der Waals surface area contributed by atoms with Gasteiger partial charge in [0, 0.05) is 11.9 Å². The molecule has 108 valence electrons. The fourth-order valence-corrected chi connectivity index (χ4v) is 2.71. The van der Waals surface area contributed by atoms with Crippen LogP contribution in [0.4, 0.5) is 0 Å². The summed E-state index contributed by atoms with van der Waals surface area (Å²) in [6, 6.07) is 3.44. The van der Waals surface area contributed by atoms with E-state index in [2.05, 4.69) is 15.5 Å². The normalized spacial score (nSPS) is 18.6. The highest BCUT2D eigenvalue weighted by atomic mass is 16.4. The highest BCUT2D eigenvalue weighted by Crippen LogP contribution is 2.29. The van der Waals surface area contributed by atoms with Gasteiger partial charge < -0.3 is 16.3 Å². The van der Waals surface area contributed by atoms with E-state index in [0.717, 1.165) is 19.3 Å². The minimum Gasteiger partial charge on any atom is -0.409 e. The summed E-state index contributed by atoms with van der Waals surface area (Å²) in [6.45, 7) is 1.78. The first kappa shape index (κ1) is 14.3. The largest absolute Gasteiger partial charge is 0.409 e. The SMILES string of the molecule is Cc1ncccc1C(=O)NC1(/C(N)=N/O)CCCCC1. The average molecular weight is 276 g/mol. The van der Waals surface area contributed by atoms with Gasteiger partial charge in [0.1, 0.15) is 5.54 Å². The molecule has 4 N–H and O–H groups in total. The molecule has 0 radical (unpaired) electrons. The fraction of sp³-hybridized carbons (Fsp3) is 0.500. The zero-order valence-corrected chi connectivity index (χ0v) is 11.6. The molecule has 0 aliphatic heterocycles. The summed E-state index contributed by atoms with van der Waals surface area (Å²) in [4.78, 5) is 16.5. The van der Waals surface area contributed by atoms with E-state index in [1.165, 1.54) is 0 Å². The molecule has 0 atom stereocenters. The van der Waals surface area contributed by atoms with Crippen LogP contribution in [0.25, 0.3) is 0 Å². The third kappa shape index (κ3) is 2.74. The Morgan fingerprint density at radius 3 is 2.75 bits per heavy atom. The lowest BCUT2D eigenvalue weighted by Gasteiger charge is -2.36. The van der Waals surface area contributed by atoms with E-state index in [9.17, 15) is 4.79 Å². The van der Waals surface area contributed by atoms with E-state index in [4.69, 9.17) is 10.9 Å². The maximum atomic E-state index is 12.4. The standard InChI is InChI=1S/C14H20N4O2/c1-10-11(6-5-9-16-10)12(19)17-14(13(15)18-20)7-3-2-4-8-14/h5-6,9,20H,2-4,7-8H2,1H3,(H2,15,18)(H,17,19). The second kappa shape index (κ2) is 5.90. The van der Waals surface area contributed by atoms with Crippen LogP contribution in [-0.2, 0) is 0 Å². The summed E-state index contributed by atoms with van der Waals surface area (Å²) in [7, 11) is 0. The fourth-order valence-electron chi connectivity index (χ4n) is 2.71. The van der Waals surface area contributed by atoms with E-state index in [1.54, 1.807) is 25.3 Å². The summed E-state index contributed by atoms with van der Waals surface area (Å²) in [5.41, 5.74) is 6.25. The van der Waals surface area contributed by atoms with Crippen LogP contribution in [0.15, 0.2) is 23.5 Å². The Hall–Kier alpha value is -2.11. The lowest BCUT2D eigenvalue weighted by atomic mass is 9.80. The number of hydrogen-bond donors (Lipinski definition) is 3. The molecule has 1 saturated carbocycles. The lowest BCUT2D eigenvalue weighted by molar-refractivity contribution is 0.0904. The van der Waals surface area contributed by atoms with Crippen molar-refractivity contribution in [2.45, 2.75) is 44.6 Å². The molecule has 2 rings (SSSR count). The van der Waals surface area contributed by atoms with Crippen molar-refractivity contribution >= 4 is 11.7 Å². The monoisotopic (exact) mass is 276 g/mol. The van der Waals surface area contributed by atoms with Gasteiger partial charge in [0.2, 0.25) is 0 Å². The number of nitrogens with zero attached hydrogens (tertiary/aromatic N) is 2. The summed E-state index contributed by atoms with van der Waals surface area (Å²) < 4.78 is 0. The highest BCUT2D eigenvalue weighted by molar-refractivity contribution is 6.00. The molecular formula is C14H20N4O2. The predicted molar refractivity (Wildman–Crippen MR) is 75.7 cm³/mol. The van der Waals surface area contributed by atoms with Crippen molar-refractivity contribution in [3.05, 3.63) is 29.6 Å². The zero-order valence-electron chi connectivity index (χ0n) is 11.6. The van der Waals surface area contributed by atoms with E-state index >= 15 is 0 Å². The van der Waals surface area contributed by atoms with Crippen LogP contribution in [0, 0.1) is 6.92 Å². The molecule has 0 unspecified atom stereocenters. The molecule has 1 aromatic heterocycles. The number of oxime groups is 1. The number of pyridine rings is 1. The second-order valence-electron chi connectivity index (χ2n) is 5.22. The van der Waals surface area contributed by atoms with Crippen LogP contribution >= 0.6 is 0 Å². The summed E-state index contributed by atoms with van der Waals surface area (Å²) in [6.07, 6.45) is 6.02. The van der Waals surface area contributed by atoms with Gasteiger partial charge >= 0.3 is 0 Å². The second-order valence-corrected chi connectivity index (χ2v) is 5.22. The van der Waals surface area contributed by atoms with E-state index in [-0.39, 0.29) is 11.7 Å². The van der Waals surface area contributed by atoms with Crippen LogP contribution in [-0.4, -0.2) is 27.5 Å². The van der Waals surface area contributed by atoms with Gasteiger partial charge in [0.15, 0.2) is 5.84 Å². The Labute approximate surface area is 118 Å². The number of amides is 1. The predicted octanol–water partition coefficient (Wildman–Crippen LogP) is 1.57. The van der Waals surface area contributed by atoms with Crippen LogP contribution in [0.5, 0.6) is 0 Å². The molecule has 0 spiro atoms. The third-order valence-corrected chi connectivity index (χ3v) is 3.91. The zero-order chi connectivity index (χ0) is 14.6. The maximum absolute atomic E-state index is 12.4. The van der Waals surface area contributed by atoms with Gasteiger partial charge in [-0.05, 0) is 31.9 Å². The van der Waals surface area contributed by atoms with Gasteiger partial charge in [0.05, 0.1) is 5.56 Å². The Morgan fingerprint density at radius 2 is 2.15 bits per heavy atom. The van der Waals surface area contributed by atoms with Gasteiger partial charge in [0.25, 0.3) is 5.91 Å². The van der Waals surface area contributed by atoms with E-state index in [1.807, 2.05) is 0 Å². The first-order valence-corrected chi connectivity index (χ1v) is 6.81. The lowest BCUT2D eigenvalue weighted by Crippen LogP contribution is -2.58. The van der Waals surface area contributed by atoms with Crippen LogP contribution in [0.2, 0.25) is 0 Å². The van der Waals surface area contributed by atoms with Gasteiger partial charge in [-0.15, -0.1) is 0 Å². The molecular weight excluding hydrogens is 256 g/mol. The van der Waals surface area contributed by atoms with Gasteiger partial charge in [-0.25, -0.2) is 0 Å². The van der Waals surface area contributed by atoms with Crippen molar-refractivity contribution in [1.82, 2.24) is 10.3 Å². The van der Waals surface area contributed by atoms with Crippen molar-refractivity contribution in [3.8, 4) is 0 Å². The smallest absolute Gasteiger partial charge is 0.253 e. The summed E-state index contributed by atoms with van der Waals surface area (Å²) >= 11 is 0. The Bertz CT molecular complexity index is 522. The van der Waals surface area contributed by atoms with Crippen molar-refractivity contribution in [3.63, 3.8) is 0 Å². The summed E-state index contributed by atoms with van der Waals surface area (Å²) in [5.74, 6) is -0.156. The number of amidine groups is 1. The minimum absolute atomic E-state index is 0.0760. The first-order valence-electron chi connectivity index (χ1n) is 6.81. The molecule has 6 nitrogen and oxygen atoms in total. The Balaban J connectivity index is 2.24. The molecule has 0 aromatic carbocycles. The van der Waals surface area contributed by atoms with Crippen molar-refractivity contribution < 1.29 is 10.0 Å². The molecule has 20 heavy (non-hydrogen) atoms. The first-order chi connectivity index (χ1) is 9.59. The molecule has 0 bridgehead atoms. The topological polar surface area (TPSA) is 101 Å². The molecule has 1 heterocycles. The number of carbonyl (C=O) groups is 1. The average Bonchev–Trinajstić information content (AvgIpc) is 2.47. The molecule has 6 heteroatoms. The summed E-state index contributed by atoms with van der Waals surface area (Å²) in [5, 5.41) is 15.1. The quantitative estimate of drug-likeness (QED) is 0.337.